The summed E-state index contributed by atoms with van der Waals surface area (Å²) in [4.78, 5) is 10.7. The molecule has 0 spiro atoms. The van der Waals surface area contributed by atoms with Crippen LogP contribution in [0.5, 0.6) is 0 Å². The monoisotopic (exact) mass is 190 g/mol. The molecule has 0 saturated heterocycles. The molecule has 0 aliphatic heterocycles. The molecule has 0 aliphatic carbocycles. The lowest BCUT2D eigenvalue weighted by atomic mass is 10.2. The van der Waals surface area contributed by atoms with E-state index in [0.29, 0.717) is 5.25 Å². The van der Waals surface area contributed by atoms with Crippen molar-refractivity contribution in [3.05, 3.63) is 0 Å². The molecule has 12 heavy (non-hydrogen) atoms. The van der Waals surface area contributed by atoms with Crippen LogP contribution in [0.1, 0.15) is 40.5 Å². The Morgan fingerprint density at radius 1 is 1.58 bits per heavy atom. The first-order valence-corrected chi connectivity index (χ1v) is 5.19. The van der Waals surface area contributed by atoms with Crippen molar-refractivity contribution in [1.82, 2.24) is 0 Å². The van der Waals surface area contributed by atoms with Crippen LogP contribution in [0.3, 0.4) is 0 Å². The molecular formula is C9H18O2S. The molecule has 0 bridgehead atoms. The van der Waals surface area contributed by atoms with Gasteiger partial charge in [-0.25, -0.2) is 0 Å². The van der Waals surface area contributed by atoms with E-state index >= 15 is 0 Å². The summed E-state index contributed by atoms with van der Waals surface area (Å²) in [7, 11) is 0. The molecule has 3 heteroatoms. The number of carboxylic acids is 1. The quantitative estimate of drug-likeness (QED) is 0.724. The van der Waals surface area contributed by atoms with Gasteiger partial charge in [-0.15, -0.1) is 11.8 Å². The number of carbonyl (C=O) groups is 1. The molecule has 0 radical (unpaired) electrons. The fraction of sp³-hybridized carbons (Fsp3) is 0.889. The molecular weight excluding hydrogens is 172 g/mol. The van der Waals surface area contributed by atoms with Gasteiger partial charge in [-0.05, 0) is 20.3 Å². The summed E-state index contributed by atoms with van der Waals surface area (Å²) in [5.74, 6) is -0.726. The minimum atomic E-state index is -0.726. The van der Waals surface area contributed by atoms with Crippen molar-refractivity contribution in [2.45, 2.75) is 50.5 Å². The average molecular weight is 190 g/mol. The number of aliphatic carboxylic acids is 1. The van der Waals surface area contributed by atoms with Crippen molar-refractivity contribution in [3.8, 4) is 0 Å². The van der Waals surface area contributed by atoms with E-state index in [-0.39, 0.29) is 0 Å². The maximum atomic E-state index is 10.7. The Balaban J connectivity index is 3.96. The lowest BCUT2D eigenvalue weighted by Gasteiger charge is -2.22. The Labute approximate surface area is 78.7 Å². The van der Waals surface area contributed by atoms with Crippen molar-refractivity contribution in [1.29, 1.82) is 0 Å². The smallest absolute Gasteiger partial charge is 0.319 e. The first-order chi connectivity index (χ1) is 5.40. The van der Waals surface area contributed by atoms with Crippen LogP contribution < -0.4 is 0 Å². The third-order valence-corrected chi connectivity index (χ3v) is 3.11. The van der Waals surface area contributed by atoms with Gasteiger partial charge in [0.05, 0.1) is 0 Å². The van der Waals surface area contributed by atoms with Gasteiger partial charge in [-0.1, -0.05) is 20.3 Å². The maximum Gasteiger partial charge on any atom is 0.319 e. The summed E-state index contributed by atoms with van der Waals surface area (Å²) in [6, 6.07) is 0. The molecule has 0 saturated carbocycles. The normalized spacial score (nSPS) is 14.3. The number of rotatable bonds is 5. The maximum absolute atomic E-state index is 10.7. The molecule has 0 aromatic heterocycles. The fourth-order valence-corrected chi connectivity index (χ4v) is 2.48. The number of hydrogen-bond donors (Lipinski definition) is 1. The zero-order valence-electron chi connectivity index (χ0n) is 8.26. The van der Waals surface area contributed by atoms with Crippen LogP contribution >= 0.6 is 11.8 Å². The lowest BCUT2D eigenvalue weighted by molar-refractivity contribution is -0.138. The Morgan fingerprint density at radius 2 is 2.08 bits per heavy atom. The highest BCUT2D eigenvalue weighted by Gasteiger charge is 2.29. The predicted molar refractivity (Wildman–Crippen MR) is 53.7 cm³/mol. The third-order valence-electron chi connectivity index (χ3n) is 1.71. The second-order valence-corrected chi connectivity index (χ2v) is 5.59. The molecule has 0 fully saturated rings. The minimum Gasteiger partial charge on any atom is -0.480 e. The molecule has 1 unspecified atom stereocenters. The van der Waals surface area contributed by atoms with Crippen molar-refractivity contribution in [2.75, 3.05) is 0 Å². The highest BCUT2D eigenvalue weighted by molar-refractivity contribution is 8.01. The molecule has 1 atom stereocenters. The van der Waals surface area contributed by atoms with E-state index in [1.54, 1.807) is 13.8 Å². The Bertz CT molecular complexity index is 155. The zero-order chi connectivity index (χ0) is 9.78. The Morgan fingerprint density at radius 3 is 2.42 bits per heavy atom. The van der Waals surface area contributed by atoms with Crippen molar-refractivity contribution in [3.63, 3.8) is 0 Å². The summed E-state index contributed by atoms with van der Waals surface area (Å²) < 4.78 is -0.644. The van der Waals surface area contributed by atoms with Gasteiger partial charge in [0.1, 0.15) is 4.75 Å². The molecule has 0 aliphatic rings. The van der Waals surface area contributed by atoms with E-state index in [1.165, 1.54) is 11.8 Å². The second kappa shape index (κ2) is 4.75. The summed E-state index contributed by atoms with van der Waals surface area (Å²) in [5, 5.41) is 9.27. The van der Waals surface area contributed by atoms with Gasteiger partial charge in [0.25, 0.3) is 0 Å². The first-order valence-electron chi connectivity index (χ1n) is 4.31. The molecule has 0 rings (SSSR count). The van der Waals surface area contributed by atoms with Crippen molar-refractivity contribution in [2.24, 2.45) is 0 Å². The third kappa shape index (κ3) is 4.00. The Kier molecular flexibility index (Phi) is 4.68. The van der Waals surface area contributed by atoms with Gasteiger partial charge in [0, 0.05) is 5.25 Å². The van der Waals surface area contributed by atoms with E-state index in [2.05, 4.69) is 13.8 Å². The highest BCUT2D eigenvalue weighted by atomic mass is 32.2. The lowest BCUT2D eigenvalue weighted by Crippen LogP contribution is -2.29. The van der Waals surface area contributed by atoms with E-state index < -0.39 is 10.7 Å². The highest BCUT2D eigenvalue weighted by Crippen LogP contribution is 2.30. The van der Waals surface area contributed by atoms with Crippen LogP contribution in [0.25, 0.3) is 0 Å². The molecule has 72 valence electrons. The molecule has 0 amide bonds. The second-order valence-electron chi connectivity index (χ2n) is 3.53. The van der Waals surface area contributed by atoms with Crippen LogP contribution in [0.4, 0.5) is 0 Å². The van der Waals surface area contributed by atoms with E-state index in [1.807, 2.05) is 0 Å². The van der Waals surface area contributed by atoms with Crippen LogP contribution in [0, 0.1) is 0 Å². The summed E-state index contributed by atoms with van der Waals surface area (Å²) in [5.41, 5.74) is 0. The number of thioether (sulfide) groups is 1. The summed E-state index contributed by atoms with van der Waals surface area (Å²) >= 11 is 1.53. The molecule has 0 heterocycles. The van der Waals surface area contributed by atoms with E-state index in [0.717, 1.165) is 12.8 Å². The molecule has 0 aromatic rings. The van der Waals surface area contributed by atoms with Gasteiger partial charge >= 0.3 is 5.97 Å². The zero-order valence-corrected chi connectivity index (χ0v) is 9.07. The first kappa shape index (κ1) is 11.8. The van der Waals surface area contributed by atoms with Gasteiger partial charge in [0.15, 0.2) is 0 Å². The minimum absolute atomic E-state index is 0.432. The fourth-order valence-electron chi connectivity index (χ4n) is 1.02. The van der Waals surface area contributed by atoms with E-state index in [4.69, 9.17) is 5.11 Å². The average Bonchev–Trinajstić information content (AvgIpc) is 1.85. The van der Waals surface area contributed by atoms with Crippen LogP contribution in [0.15, 0.2) is 0 Å². The molecule has 0 aromatic carbocycles. The van der Waals surface area contributed by atoms with Crippen LogP contribution in [0.2, 0.25) is 0 Å². The van der Waals surface area contributed by atoms with E-state index in [9.17, 15) is 4.79 Å². The van der Waals surface area contributed by atoms with Crippen LogP contribution in [-0.2, 0) is 4.79 Å². The topological polar surface area (TPSA) is 37.3 Å². The van der Waals surface area contributed by atoms with Crippen molar-refractivity contribution >= 4 is 17.7 Å². The molecule has 2 nitrogen and oxygen atoms in total. The van der Waals surface area contributed by atoms with Gasteiger partial charge in [-0.2, -0.15) is 0 Å². The van der Waals surface area contributed by atoms with Gasteiger partial charge in [-0.3, -0.25) is 4.79 Å². The van der Waals surface area contributed by atoms with Gasteiger partial charge in [0.2, 0.25) is 0 Å². The Hall–Kier alpha value is -0.180. The van der Waals surface area contributed by atoms with Crippen molar-refractivity contribution < 1.29 is 9.90 Å². The standard InChI is InChI=1S/C9H18O2S/c1-5-6-7(2)12-9(3,4)8(10)11/h7H,5-6H2,1-4H3,(H,10,11). The van der Waals surface area contributed by atoms with Crippen LogP contribution in [-0.4, -0.2) is 21.1 Å². The molecule has 1 N–H and O–H groups in total. The number of carboxylic acid groups (broad SMARTS) is 1. The SMILES string of the molecule is CCCC(C)SC(C)(C)C(=O)O. The predicted octanol–water partition coefficient (Wildman–Crippen LogP) is 2.77. The number of hydrogen-bond acceptors (Lipinski definition) is 2. The largest absolute Gasteiger partial charge is 0.480 e. The summed E-state index contributed by atoms with van der Waals surface area (Å²) in [6.45, 7) is 7.71. The summed E-state index contributed by atoms with van der Waals surface area (Å²) in [6.07, 6.45) is 2.20. The van der Waals surface area contributed by atoms with Gasteiger partial charge < -0.3 is 5.11 Å².